The van der Waals surface area contributed by atoms with Crippen LogP contribution < -0.4 is 25.2 Å². The molecule has 0 aliphatic heterocycles. The van der Waals surface area contributed by atoms with E-state index in [1.54, 1.807) is 0 Å². The Morgan fingerprint density at radius 2 is 1.14 bits per heavy atom. The highest BCUT2D eigenvalue weighted by molar-refractivity contribution is 5.89. The van der Waals surface area contributed by atoms with E-state index in [-0.39, 0.29) is 11.1 Å². The molecule has 10 nitrogen and oxygen atoms in total. The van der Waals surface area contributed by atoms with Crippen molar-refractivity contribution < 1.29 is 44.8 Å². The van der Waals surface area contributed by atoms with Crippen LogP contribution >= 0.6 is 0 Å². The summed E-state index contributed by atoms with van der Waals surface area (Å²) in [5.41, 5.74) is 0.241. The number of ether oxygens (including phenoxy) is 2. The molecule has 0 saturated heterocycles. The molecule has 0 saturated carbocycles. The summed E-state index contributed by atoms with van der Waals surface area (Å²) in [6, 6.07) is 29.0. The number of rotatable bonds is 14. The number of benzene rings is 4. The van der Waals surface area contributed by atoms with Crippen molar-refractivity contribution in [2.24, 2.45) is 0 Å². The minimum Gasteiger partial charge on any atom is -0.545 e. The predicted octanol–water partition coefficient (Wildman–Crippen LogP) is 4.09. The number of fused-ring (bicyclic) bond motifs is 2. The summed E-state index contributed by atoms with van der Waals surface area (Å²) < 4.78 is 11.5. The molecule has 0 aromatic heterocycles. The molecule has 0 spiro atoms. The third kappa shape index (κ3) is 18.1. The van der Waals surface area contributed by atoms with Crippen LogP contribution in [0.25, 0.3) is 21.5 Å². The molecule has 0 aliphatic rings. The number of aliphatic hydroxyl groups excluding tert-OH is 2. The monoisotopic (exact) mass is 690 g/mol. The number of quaternary nitrogens is 1. The van der Waals surface area contributed by atoms with Gasteiger partial charge in [0.2, 0.25) is 0 Å². The number of hydrogen-bond donors (Lipinski definition) is 5. The van der Waals surface area contributed by atoms with Gasteiger partial charge in [-0.3, -0.25) is 0 Å². The number of carboxylic acid groups (broad SMARTS) is 2. The van der Waals surface area contributed by atoms with Crippen molar-refractivity contribution in [1.82, 2.24) is 5.32 Å². The van der Waals surface area contributed by atoms with Crippen molar-refractivity contribution in [1.29, 1.82) is 0 Å². The quantitative estimate of drug-likeness (QED) is 0.123. The van der Waals surface area contributed by atoms with Crippen molar-refractivity contribution in [3.63, 3.8) is 0 Å². The van der Waals surface area contributed by atoms with Crippen LogP contribution in [0, 0.1) is 0 Å². The molecular weight excluding hydrogens is 636 g/mol. The fraction of sp³-hybridized carbons (Fsp3) is 0.350. The van der Waals surface area contributed by atoms with Gasteiger partial charge in [0, 0.05) is 28.9 Å². The number of aliphatic hydroxyl groups is 2. The summed E-state index contributed by atoms with van der Waals surface area (Å²) in [4.78, 5) is 19.1. The Kier molecular flexibility index (Phi) is 20.4. The number of aliphatic carboxylic acids is 2. The average molecular weight is 691 g/mol. The van der Waals surface area contributed by atoms with Crippen molar-refractivity contribution in [2.75, 3.05) is 26.3 Å². The van der Waals surface area contributed by atoms with E-state index >= 15 is 0 Å². The van der Waals surface area contributed by atoms with Gasteiger partial charge >= 0.3 is 5.97 Å². The molecule has 6 N–H and O–H groups in total. The highest BCUT2D eigenvalue weighted by atomic mass is 16.5. The summed E-state index contributed by atoms with van der Waals surface area (Å²) in [6.07, 6.45) is -0.942. The normalized spacial score (nSPS) is 11.6. The molecule has 0 fully saturated rings. The Morgan fingerprint density at radius 1 is 0.740 bits per heavy atom. The van der Waals surface area contributed by atoms with Crippen LogP contribution in [0.3, 0.4) is 0 Å². The van der Waals surface area contributed by atoms with Crippen LogP contribution in [-0.2, 0) is 9.59 Å². The van der Waals surface area contributed by atoms with Gasteiger partial charge in [-0.25, -0.2) is 4.79 Å². The molecule has 4 aromatic carbocycles. The second-order valence-corrected chi connectivity index (χ2v) is 12.3. The van der Waals surface area contributed by atoms with Crippen molar-refractivity contribution in [3.8, 4) is 11.5 Å². The molecule has 0 amide bonds. The molecule has 0 radical (unpaired) electrons. The number of hydrogen-bond acceptors (Lipinski definition) is 8. The van der Waals surface area contributed by atoms with E-state index in [4.69, 9.17) is 14.6 Å². The van der Waals surface area contributed by atoms with E-state index < -0.39 is 24.1 Å². The highest BCUT2D eigenvalue weighted by Crippen LogP contribution is 2.26. The maximum atomic E-state index is 9.88. The molecule has 0 aliphatic carbocycles. The first-order chi connectivity index (χ1) is 23.6. The minimum atomic E-state index is -1.19. The Balaban J connectivity index is 0.000000379. The first kappa shape index (κ1) is 43.3. The Morgan fingerprint density at radius 3 is 1.52 bits per heavy atom. The smallest absolute Gasteiger partial charge is 0.330 e. The first-order valence-corrected chi connectivity index (χ1v) is 16.5. The highest BCUT2D eigenvalue weighted by Gasteiger charge is 2.10. The van der Waals surface area contributed by atoms with Crippen LogP contribution in [0.4, 0.5) is 0 Å². The summed E-state index contributed by atoms with van der Waals surface area (Å²) in [6.45, 7) is 19.2. The number of carboxylic acids is 2. The zero-order chi connectivity index (χ0) is 37.6. The lowest BCUT2D eigenvalue weighted by Gasteiger charge is -2.15. The third-order valence-electron chi connectivity index (χ3n) is 6.72. The van der Waals surface area contributed by atoms with Crippen LogP contribution in [0.5, 0.6) is 11.5 Å². The van der Waals surface area contributed by atoms with Crippen molar-refractivity contribution in [3.05, 3.63) is 109 Å². The van der Waals surface area contributed by atoms with Gasteiger partial charge in [0.15, 0.2) is 0 Å². The van der Waals surface area contributed by atoms with E-state index in [9.17, 15) is 24.9 Å². The predicted molar refractivity (Wildman–Crippen MR) is 198 cm³/mol. The second-order valence-electron chi connectivity index (χ2n) is 12.3. The second kappa shape index (κ2) is 23.6. The Bertz CT molecular complexity index is 1480. The van der Waals surface area contributed by atoms with E-state index in [1.807, 2.05) is 60.7 Å². The van der Waals surface area contributed by atoms with E-state index in [0.717, 1.165) is 33.0 Å². The van der Waals surface area contributed by atoms with Gasteiger partial charge < -0.3 is 45.3 Å². The summed E-state index contributed by atoms with van der Waals surface area (Å²) in [5.74, 6) is -0.464. The first-order valence-electron chi connectivity index (χ1n) is 16.5. The van der Waals surface area contributed by atoms with Gasteiger partial charge in [-0.2, -0.15) is 0 Å². The van der Waals surface area contributed by atoms with Crippen molar-refractivity contribution >= 4 is 33.5 Å². The van der Waals surface area contributed by atoms with Gasteiger partial charge in [0.1, 0.15) is 43.5 Å². The summed E-state index contributed by atoms with van der Waals surface area (Å²) in [5, 5.41) is 46.9. The molecule has 4 rings (SSSR count). The lowest BCUT2D eigenvalue weighted by Crippen LogP contribution is -2.90. The van der Waals surface area contributed by atoms with Crippen LogP contribution in [0.2, 0.25) is 0 Å². The molecule has 4 aromatic rings. The van der Waals surface area contributed by atoms with E-state index in [2.05, 4.69) is 75.8 Å². The number of carbonyl (C=O) groups is 2. The lowest BCUT2D eigenvalue weighted by molar-refractivity contribution is -0.688. The molecule has 0 heterocycles. The number of nitrogens with two attached hydrogens (primary N) is 1. The molecular formula is C40H54N2O8. The van der Waals surface area contributed by atoms with Crippen LogP contribution in [-0.4, -0.2) is 77.9 Å². The fourth-order valence-electron chi connectivity index (χ4n) is 3.94. The maximum Gasteiger partial charge on any atom is 0.330 e. The van der Waals surface area contributed by atoms with E-state index in [0.29, 0.717) is 38.4 Å². The largest absolute Gasteiger partial charge is 0.545 e. The van der Waals surface area contributed by atoms with Gasteiger partial charge in [-0.1, -0.05) is 99.8 Å². The third-order valence-corrected chi connectivity index (χ3v) is 6.72. The van der Waals surface area contributed by atoms with Gasteiger partial charge in [0.25, 0.3) is 0 Å². The molecule has 0 bridgehead atoms. The zero-order valence-corrected chi connectivity index (χ0v) is 30.1. The van der Waals surface area contributed by atoms with Gasteiger partial charge in [0.05, 0.1) is 12.0 Å². The molecule has 10 heteroatoms. The number of carbonyl (C=O) groups excluding carboxylic acids is 1. The summed E-state index contributed by atoms with van der Waals surface area (Å²) in [7, 11) is 0. The van der Waals surface area contributed by atoms with E-state index in [1.165, 1.54) is 13.8 Å². The average Bonchev–Trinajstić information content (AvgIpc) is 3.08. The molecule has 2 unspecified atom stereocenters. The Hall–Kier alpha value is -4.74. The van der Waals surface area contributed by atoms with Crippen LogP contribution in [0.1, 0.15) is 41.5 Å². The molecule has 50 heavy (non-hydrogen) atoms. The summed E-state index contributed by atoms with van der Waals surface area (Å²) >= 11 is 0. The molecule has 2 atom stereocenters. The standard InChI is InChI=1S/2C16H21NO2.2C4H6O2/c2*1-12(2)17-10-14(18)11-19-16-9-5-7-13-6-3-4-8-15(13)16;2*1-3(2)4(5)6/h2*3-9,12,14,17-18H,10-11H2,1-2H3;2*1H2,2H3,(H,5,6). The van der Waals surface area contributed by atoms with Crippen LogP contribution in [0.15, 0.2) is 109 Å². The minimum absolute atomic E-state index is 0.0648. The fourth-order valence-corrected chi connectivity index (χ4v) is 3.94. The molecule has 272 valence electrons. The lowest BCUT2D eigenvalue weighted by atomic mass is 10.1. The zero-order valence-electron chi connectivity index (χ0n) is 30.1. The van der Waals surface area contributed by atoms with Gasteiger partial charge in [-0.05, 0) is 56.2 Å². The Labute approximate surface area is 296 Å². The van der Waals surface area contributed by atoms with Gasteiger partial charge in [-0.15, -0.1) is 0 Å². The van der Waals surface area contributed by atoms with Crippen molar-refractivity contribution in [2.45, 2.75) is 65.8 Å². The maximum absolute atomic E-state index is 9.88. The topological polar surface area (TPSA) is 165 Å². The SMILES string of the molecule is C=C(C)C(=O)O.C=C(C)C(=O)[O-].CC(C)NCC(O)COc1cccc2ccccc12.CC(C)[NH2+]CC(O)COc1cccc2ccccc12. The number of nitrogens with one attached hydrogen (secondary N) is 1.